The molecule has 1 rings (SSSR count). The monoisotopic (exact) mass is 208 g/mol. The van der Waals surface area contributed by atoms with Gasteiger partial charge >= 0.3 is 0 Å². The van der Waals surface area contributed by atoms with Crippen LogP contribution in [0.15, 0.2) is 24.3 Å². The van der Waals surface area contributed by atoms with Crippen molar-refractivity contribution in [3.8, 4) is 0 Å². The molecule has 0 nitrogen and oxygen atoms in total. The second-order valence-corrected chi connectivity index (χ2v) is 4.96. The average Bonchev–Trinajstić information content (AvgIpc) is 2.21. The third kappa shape index (κ3) is 4.03. The van der Waals surface area contributed by atoms with Crippen molar-refractivity contribution in [2.24, 2.45) is 5.41 Å². The first-order valence-electron chi connectivity index (χ1n) is 5.78. The summed E-state index contributed by atoms with van der Waals surface area (Å²) in [5.41, 5.74) is 1.25. The molecule has 0 heterocycles. The van der Waals surface area contributed by atoms with Crippen LogP contribution in [0.2, 0.25) is 0 Å². The van der Waals surface area contributed by atoms with E-state index in [-0.39, 0.29) is 5.82 Å². The van der Waals surface area contributed by atoms with Crippen LogP contribution in [-0.2, 0) is 6.42 Å². The summed E-state index contributed by atoms with van der Waals surface area (Å²) in [6.45, 7) is 6.76. The second-order valence-electron chi connectivity index (χ2n) is 4.96. The fourth-order valence-electron chi connectivity index (χ4n) is 1.64. The third-order valence-electron chi connectivity index (χ3n) is 3.21. The lowest BCUT2D eigenvalue weighted by Gasteiger charge is -2.22. The summed E-state index contributed by atoms with van der Waals surface area (Å²) in [4.78, 5) is 0. The Morgan fingerprint density at radius 3 is 2.47 bits per heavy atom. The van der Waals surface area contributed by atoms with E-state index in [2.05, 4.69) is 20.8 Å². The van der Waals surface area contributed by atoms with Crippen molar-refractivity contribution < 1.29 is 4.39 Å². The van der Waals surface area contributed by atoms with Crippen LogP contribution in [0.4, 0.5) is 4.39 Å². The van der Waals surface area contributed by atoms with E-state index in [1.807, 2.05) is 12.1 Å². The molecule has 0 radical (unpaired) electrons. The van der Waals surface area contributed by atoms with Gasteiger partial charge in [-0.2, -0.15) is 0 Å². The predicted molar refractivity (Wildman–Crippen MR) is 63.4 cm³/mol. The maximum atomic E-state index is 13.3. The van der Waals surface area contributed by atoms with E-state index in [1.165, 1.54) is 6.42 Å². The highest BCUT2D eigenvalue weighted by atomic mass is 19.1. The molecule has 0 N–H and O–H groups in total. The molecule has 0 aliphatic carbocycles. The second kappa shape index (κ2) is 5.29. The molecule has 0 aliphatic rings. The summed E-state index contributed by atoms with van der Waals surface area (Å²) in [5, 5.41) is 0. The van der Waals surface area contributed by atoms with E-state index in [9.17, 15) is 4.39 Å². The van der Waals surface area contributed by atoms with E-state index in [4.69, 9.17) is 0 Å². The van der Waals surface area contributed by atoms with E-state index in [0.29, 0.717) is 5.41 Å². The Hall–Kier alpha value is -0.850. The van der Waals surface area contributed by atoms with Crippen molar-refractivity contribution in [1.82, 2.24) is 0 Å². The minimum atomic E-state index is -0.0631. The molecule has 0 atom stereocenters. The quantitative estimate of drug-likeness (QED) is 0.664. The molecule has 0 aromatic heterocycles. The molecule has 1 heteroatoms. The smallest absolute Gasteiger partial charge is 0.126 e. The Morgan fingerprint density at radius 1 is 1.20 bits per heavy atom. The Balaban J connectivity index is 2.42. The van der Waals surface area contributed by atoms with Gasteiger partial charge in [0.1, 0.15) is 5.82 Å². The van der Waals surface area contributed by atoms with Crippen LogP contribution in [0.25, 0.3) is 0 Å². The molecule has 0 aliphatic heterocycles. The SMILES string of the molecule is CCC(C)(C)CCCc1ccccc1F. The van der Waals surface area contributed by atoms with Crippen LogP contribution in [0.5, 0.6) is 0 Å². The lowest BCUT2D eigenvalue weighted by atomic mass is 9.84. The first-order chi connectivity index (χ1) is 7.05. The van der Waals surface area contributed by atoms with Crippen LogP contribution in [0, 0.1) is 11.2 Å². The number of hydrogen-bond donors (Lipinski definition) is 0. The number of hydrogen-bond acceptors (Lipinski definition) is 0. The topological polar surface area (TPSA) is 0 Å². The average molecular weight is 208 g/mol. The molecule has 0 spiro atoms. The van der Waals surface area contributed by atoms with E-state index in [0.717, 1.165) is 24.8 Å². The van der Waals surface area contributed by atoms with Gasteiger partial charge < -0.3 is 0 Å². The zero-order chi connectivity index (χ0) is 11.3. The van der Waals surface area contributed by atoms with Crippen LogP contribution in [0.1, 0.15) is 45.6 Å². The summed E-state index contributed by atoms with van der Waals surface area (Å²) in [5.74, 6) is -0.0631. The van der Waals surface area contributed by atoms with Crippen molar-refractivity contribution in [3.63, 3.8) is 0 Å². The fraction of sp³-hybridized carbons (Fsp3) is 0.571. The van der Waals surface area contributed by atoms with E-state index in [1.54, 1.807) is 12.1 Å². The molecule has 84 valence electrons. The zero-order valence-corrected chi connectivity index (χ0v) is 10.0. The Kier molecular flexibility index (Phi) is 4.31. The Bertz CT molecular complexity index is 302. The normalized spacial score (nSPS) is 11.7. The minimum absolute atomic E-state index is 0.0631. The summed E-state index contributed by atoms with van der Waals surface area (Å²) < 4.78 is 13.3. The zero-order valence-electron chi connectivity index (χ0n) is 10.0. The maximum absolute atomic E-state index is 13.3. The predicted octanol–water partition coefficient (Wildman–Crippen LogP) is 4.58. The van der Waals surface area contributed by atoms with Gasteiger partial charge in [-0.25, -0.2) is 4.39 Å². The first-order valence-corrected chi connectivity index (χ1v) is 5.78. The van der Waals surface area contributed by atoms with Gasteiger partial charge in [0.05, 0.1) is 0 Å². The number of aryl methyl sites for hydroxylation is 1. The van der Waals surface area contributed by atoms with Crippen molar-refractivity contribution in [3.05, 3.63) is 35.6 Å². The first kappa shape index (κ1) is 12.2. The van der Waals surface area contributed by atoms with Crippen LogP contribution in [0.3, 0.4) is 0 Å². The largest absolute Gasteiger partial charge is 0.207 e. The van der Waals surface area contributed by atoms with Crippen molar-refractivity contribution >= 4 is 0 Å². The van der Waals surface area contributed by atoms with Gasteiger partial charge in [-0.05, 0) is 36.3 Å². The van der Waals surface area contributed by atoms with Crippen LogP contribution >= 0.6 is 0 Å². The van der Waals surface area contributed by atoms with Crippen molar-refractivity contribution in [2.45, 2.75) is 46.5 Å². The standard InChI is InChI=1S/C14H21F/c1-4-14(2,3)11-7-9-12-8-5-6-10-13(12)15/h5-6,8,10H,4,7,9,11H2,1-3H3. The van der Waals surface area contributed by atoms with E-state index < -0.39 is 0 Å². The van der Waals surface area contributed by atoms with Gasteiger partial charge in [-0.3, -0.25) is 0 Å². The fourth-order valence-corrected chi connectivity index (χ4v) is 1.64. The van der Waals surface area contributed by atoms with Gasteiger partial charge in [0.25, 0.3) is 0 Å². The van der Waals surface area contributed by atoms with Crippen molar-refractivity contribution in [2.75, 3.05) is 0 Å². The molecule has 0 bridgehead atoms. The molecule has 0 amide bonds. The molecular formula is C14H21F. The summed E-state index contributed by atoms with van der Waals surface area (Å²) in [6.07, 6.45) is 4.28. The molecule has 0 unspecified atom stereocenters. The number of halogens is 1. The molecule has 1 aromatic carbocycles. The summed E-state index contributed by atoms with van der Waals surface area (Å²) in [7, 11) is 0. The van der Waals surface area contributed by atoms with Gasteiger partial charge in [0.2, 0.25) is 0 Å². The molecule has 1 aromatic rings. The molecule has 0 saturated heterocycles. The number of benzene rings is 1. The molecular weight excluding hydrogens is 187 g/mol. The highest BCUT2D eigenvalue weighted by molar-refractivity contribution is 5.17. The maximum Gasteiger partial charge on any atom is 0.126 e. The lowest BCUT2D eigenvalue weighted by Crippen LogP contribution is -2.09. The lowest BCUT2D eigenvalue weighted by molar-refractivity contribution is 0.312. The van der Waals surface area contributed by atoms with Gasteiger partial charge in [0, 0.05) is 0 Å². The highest BCUT2D eigenvalue weighted by Crippen LogP contribution is 2.27. The Labute approximate surface area is 92.5 Å². The number of rotatable bonds is 5. The highest BCUT2D eigenvalue weighted by Gasteiger charge is 2.14. The minimum Gasteiger partial charge on any atom is -0.207 e. The van der Waals surface area contributed by atoms with Crippen LogP contribution < -0.4 is 0 Å². The van der Waals surface area contributed by atoms with Crippen molar-refractivity contribution in [1.29, 1.82) is 0 Å². The van der Waals surface area contributed by atoms with Gasteiger partial charge in [-0.15, -0.1) is 0 Å². The molecule has 15 heavy (non-hydrogen) atoms. The van der Waals surface area contributed by atoms with Gasteiger partial charge in [-0.1, -0.05) is 45.4 Å². The molecule has 0 saturated carbocycles. The van der Waals surface area contributed by atoms with Gasteiger partial charge in [0.15, 0.2) is 0 Å². The van der Waals surface area contributed by atoms with Crippen LogP contribution in [-0.4, -0.2) is 0 Å². The summed E-state index contributed by atoms with van der Waals surface area (Å²) >= 11 is 0. The third-order valence-corrected chi connectivity index (χ3v) is 3.21. The summed E-state index contributed by atoms with van der Waals surface area (Å²) in [6, 6.07) is 7.08. The molecule has 0 fully saturated rings. The van der Waals surface area contributed by atoms with E-state index >= 15 is 0 Å². The Morgan fingerprint density at radius 2 is 1.87 bits per heavy atom.